The summed E-state index contributed by atoms with van der Waals surface area (Å²) in [4.78, 5) is 12.0. The number of anilines is 1. The molecule has 4 heterocycles. The van der Waals surface area contributed by atoms with E-state index in [4.69, 9.17) is 4.74 Å². The summed E-state index contributed by atoms with van der Waals surface area (Å²) < 4.78 is 7.18. The van der Waals surface area contributed by atoms with Gasteiger partial charge in [0, 0.05) is 44.1 Å². The molecule has 0 bridgehead atoms. The highest BCUT2D eigenvalue weighted by atomic mass is 32.1. The van der Waals surface area contributed by atoms with Crippen LogP contribution in [-0.2, 0) is 4.74 Å². The summed E-state index contributed by atoms with van der Waals surface area (Å²) in [5, 5.41) is 8.82. The van der Waals surface area contributed by atoms with Crippen LogP contribution in [0, 0.1) is 0 Å². The molecule has 0 unspecified atom stereocenters. The van der Waals surface area contributed by atoms with Crippen molar-refractivity contribution in [1.29, 1.82) is 0 Å². The Balaban J connectivity index is 1.38. The number of nitrogens with zero attached hydrogens (tertiary/aromatic N) is 5. The first-order valence-corrected chi connectivity index (χ1v) is 8.51. The molecule has 1 aliphatic rings. The average molecular weight is 330 g/mol. The largest absolute Gasteiger partial charge is 0.379 e. The van der Waals surface area contributed by atoms with Gasteiger partial charge in [-0.05, 0) is 12.1 Å². The first kappa shape index (κ1) is 14.6. The van der Waals surface area contributed by atoms with E-state index in [1.165, 1.54) is 0 Å². The van der Waals surface area contributed by atoms with Gasteiger partial charge in [0.15, 0.2) is 0 Å². The van der Waals surface area contributed by atoms with Crippen LogP contribution in [0.3, 0.4) is 0 Å². The predicted octanol–water partition coefficient (Wildman–Crippen LogP) is 1.60. The molecule has 0 aliphatic carbocycles. The minimum Gasteiger partial charge on any atom is -0.379 e. The molecule has 0 saturated carbocycles. The summed E-state index contributed by atoms with van der Waals surface area (Å²) >= 11 is 1.57. The molecule has 120 valence electrons. The van der Waals surface area contributed by atoms with Crippen LogP contribution in [-0.4, -0.2) is 63.9 Å². The Bertz CT molecular complexity index is 733. The molecule has 0 atom stereocenters. The Labute approximate surface area is 137 Å². The van der Waals surface area contributed by atoms with E-state index in [0.29, 0.717) is 0 Å². The topological polar surface area (TPSA) is 67.6 Å². The van der Waals surface area contributed by atoms with E-state index in [-0.39, 0.29) is 0 Å². The maximum atomic E-state index is 5.35. The molecule has 0 aromatic carbocycles. The number of fused-ring (bicyclic) bond motifs is 1. The number of hydrogen-bond donors (Lipinski definition) is 1. The van der Waals surface area contributed by atoms with Gasteiger partial charge < -0.3 is 10.1 Å². The van der Waals surface area contributed by atoms with Gasteiger partial charge in [0.25, 0.3) is 0 Å². The molecule has 0 spiro atoms. The van der Waals surface area contributed by atoms with Crippen LogP contribution in [0.15, 0.2) is 30.7 Å². The maximum absolute atomic E-state index is 5.35. The van der Waals surface area contributed by atoms with Gasteiger partial charge in [0.2, 0.25) is 10.1 Å². The van der Waals surface area contributed by atoms with Crippen molar-refractivity contribution in [1.82, 2.24) is 24.5 Å². The molecule has 7 nitrogen and oxygen atoms in total. The molecule has 1 fully saturated rings. The predicted molar refractivity (Wildman–Crippen MR) is 89.8 cm³/mol. The first-order valence-electron chi connectivity index (χ1n) is 7.69. The highest BCUT2D eigenvalue weighted by Gasteiger charge is 2.11. The Morgan fingerprint density at radius 3 is 3.00 bits per heavy atom. The van der Waals surface area contributed by atoms with E-state index in [2.05, 4.69) is 25.3 Å². The monoisotopic (exact) mass is 330 g/mol. The van der Waals surface area contributed by atoms with Crippen LogP contribution < -0.4 is 5.32 Å². The highest BCUT2D eigenvalue weighted by molar-refractivity contribution is 7.20. The van der Waals surface area contributed by atoms with Gasteiger partial charge in [0.05, 0.1) is 25.1 Å². The number of rotatable bonds is 5. The lowest BCUT2D eigenvalue weighted by Crippen LogP contribution is -2.39. The smallest absolute Gasteiger partial charge is 0.214 e. The number of nitrogens with one attached hydrogen (secondary N) is 1. The Kier molecular flexibility index (Phi) is 4.18. The molecule has 0 amide bonds. The van der Waals surface area contributed by atoms with Crippen LogP contribution in [0.1, 0.15) is 0 Å². The van der Waals surface area contributed by atoms with E-state index in [1.807, 2.05) is 29.0 Å². The average Bonchev–Trinajstić information content (AvgIpc) is 3.15. The number of aromatic nitrogens is 4. The van der Waals surface area contributed by atoms with Crippen LogP contribution in [0.25, 0.3) is 16.2 Å². The SMILES string of the molecule is c1cncc(-c2cn3nc(NCCN4CCOCC4)sc3n2)c1. The van der Waals surface area contributed by atoms with E-state index >= 15 is 0 Å². The van der Waals surface area contributed by atoms with E-state index in [0.717, 1.165) is 60.7 Å². The highest BCUT2D eigenvalue weighted by Crippen LogP contribution is 2.23. The molecule has 4 rings (SSSR count). The summed E-state index contributed by atoms with van der Waals surface area (Å²) in [6, 6.07) is 3.91. The molecule has 1 aliphatic heterocycles. The second kappa shape index (κ2) is 6.61. The quantitative estimate of drug-likeness (QED) is 0.766. The second-order valence-corrected chi connectivity index (χ2v) is 6.34. The third-order valence-corrected chi connectivity index (χ3v) is 4.69. The Morgan fingerprint density at radius 2 is 2.22 bits per heavy atom. The number of ether oxygens (including phenoxy) is 1. The number of hydrogen-bond acceptors (Lipinski definition) is 7. The normalized spacial score (nSPS) is 16.0. The lowest BCUT2D eigenvalue weighted by Gasteiger charge is -2.26. The second-order valence-electron chi connectivity index (χ2n) is 5.38. The van der Waals surface area contributed by atoms with Crippen molar-refractivity contribution in [2.45, 2.75) is 0 Å². The number of morpholine rings is 1. The first-order chi connectivity index (χ1) is 11.4. The molecule has 3 aromatic heterocycles. The minimum absolute atomic E-state index is 0.836. The van der Waals surface area contributed by atoms with Gasteiger partial charge in [0.1, 0.15) is 0 Å². The maximum Gasteiger partial charge on any atom is 0.214 e. The zero-order valence-electron chi connectivity index (χ0n) is 12.7. The zero-order chi connectivity index (χ0) is 15.5. The summed E-state index contributed by atoms with van der Waals surface area (Å²) in [6.07, 6.45) is 5.51. The molecular weight excluding hydrogens is 312 g/mol. The Hall–Kier alpha value is -2.03. The lowest BCUT2D eigenvalue weighted by atomic mass is 10.2. The van der Waals surface area contributed by atoms with Crippen LogP contribution in [0.2, 0.25) is 0 Å². The van der Waals surface area contributed by atoms with Crippen molar-refractivity contribution in [3.05, 3.63) is 30.7 Å². The summed E-state index contributed by atoms with van der Waals surface area (Å²) in [7, 11) is 0. The molecule has 23 heavy (non-hydrogen) atoms. The molecule has 8 heteroatoms. The van der Waals surface area contributed by atoms with E-state index in [1.54, 1.807) is 17.5 Å². The van der Waals surface area contributed by atoms with Crippen molar-refractivity contribution < 1.29 is 4.74 Å². The van der Waals surface area contributed by atoms with Gasteiger partial charge in [-0.1, -0.05) is 11.3 Å². The van der Waals surface area contributed by atoms with E-state index in [9.17, 15) is 0 Å². The summed E-state index contributed by atoms with van der Waals surface area (Å²) in [6.45, 7) is 5.58. The zero-order valence-corrected chi connectivity index (χ0v) is 13.5. The van der Waals surface area contributed by atoms with Gasteiger partial charge in [-0.2, -0.15) is 0 Å². The summed E-state index contributed by atoms with van der Waals surface area (Å²) in [5.41, 5.74) is 1.91. The van der Waals surface area contributed by atoms with Gasteiger partial charge in [-0.25, -0.2) is 9.50 Å². The fourth-order valence-electron chi connectivity index (χ4n) is 2.57. The summed E-state index contributed by atoms with van der Waals surface area (Å²) in [5.74, 6) is 0. The number of imidazole rings is 1. The van der Waals surface area contributed by atoms with Crippen LogP contribution in [0.4, 0.5) is 5.13 Å². The number of pyridine rings is 1. The van der Waals surface area contributed by atoms with Crippen molar-refractivity contribution in [2.24, 2.45) is 0 Å². The van der Waals surface area contributed by atoms with Crippen molar-refractivity contribution in [2.75, 3.05) is 44.7 Å². The lowest BCUT2D eigenvalue weighted by molar-refractivity contribution is 0.0398. The molecule has 1 N–H and O–H groups in total. The van der Waals surface area contributed by atoms with Crippen molar-refractivity contribution >= 4 is 21.4 Å². The van der Waals surface area contributed by atoms with Crippen LogP contribution >= 0.6 is 11.3 Å². The molecular formula is C15H18N6OS. The van der Waals surface area contributed by atoms with Gasteiger partial charge in [-0.3, -0.25) is 9.88 Å². The third kappa shape index (κ3) is 3.34. The molecule has 3 aromatic rings. The fourth-order valence-corrected chi connectivity index (χ4v) is 3.38. The van der Waals surface area contributed by atoms with Crippen molar-refractivity contribution in [3.63, 3.8) is 0 Å². The van der Waals surface area contributed by atoms with E-state index < -0.39 is 0 Å². The third-order valence-electron chi connectivity index (χ3n) is 3.81. The standard InChI is InChI=1S/C15H18N6OS/c1-2-12(10-16-3-1)13-11-21-15(18-13)23-14(19-21)17-4-5-20-6-8-22-9-7-20/h1-3,10-11H,4-9H2,(H,17,19). The minimum atomic E-state index is 0.836. The molecule has 0 radical (unpaired) electrons. The van der Waals surface area contributed by atoms with Gasteiger partial charge >= 0.3 is 0 Å². The molecule has 1 saturated heterocycles. The van der Waals surface area contributed by atoms with Crippen LogP contribution in [0.5, 0.6) is 0 Å². The fraction of sp³-hybridized carbons (Fsp3) is 0.400. The van der Waals surface area contributed by atoms with Crippen molar-refractivity contribution in [3.8, 4) is 11.3 Å². The van der Waals surface area contributed by atoms with Gasteiger partial charge in [-0.15, -0.1) is 5.10 Å². The Morgan fingerprint density at radius 1 is 1.30 bits per heavy atom.